The lowest BCUT2D eigenvalue weighted by Gasteiger charge is -2.22. The smallest absolute Gasteiger partial charge is 0.0507 e. The third kappa shape index (κ3) is 4.07. The first-order valence-corrected chi connectivity index (χ1v) is 5.18. The third-order valence-electron chi connectivity index (χ3n) is 2.62. The van der Waals surface area contributed by atoms with E-state index in [0.29, 0.717) is 5.92 Å². The second-order valence-electron chi connectivity index (χ2n) is 4.29. The molecule has 0 amide bonds. The minimum atomic E-state index is 0.604. The van der Waals surface area contributed by atoms with Gasteiger partial charge in [-0.3, -0.25) is 0 Å². The predicted octanol–water partition coefficient (Wildman–Crippen LogP) is 0.550. The molecule has 2 N–H and O–H groups in total. The van der Waals surface area contributed by atoms with Crippen LogP contribution in [0, 0.1) is 11.8 Å². The average molecular weight is 186 g/mol. The van der Waals surface area contributed by atoms with Crippen LogP contribution in [-0.4, -0.2) is 44.8 Å². The van der Waals surface area contributed by atoms with Gasteiger partial charge in [0.1, 0.15) is 0 Å². The molecule has 0 aromatic carbocycles. The van der Waals surface area contributed by atoms with Gasteiger partial charge >= 0.3 is 0 Å². The molecule has 1 heterocycles. The molecule has 0 radical (unpaired) electrons. The fourth-order valence-electron chi connectivity index (χ4n) is 1.85. The van der Waals surface area contributed by atoms with Gasteiger partial charge in [-0.25, -0.2) is 0 Å². The van der Waals surface area contributed by atoms with E-state index >= 15 is 0 Å². The molecule has 3 heteroatoms. The van der Waals surface area contributed by atoms with Crippen LogP contribution < -0.4 is 5.73 Å². The molecule has 0 aromatic rings. The van der Waals surface area contributed by atoms with Crippen molar-refractivity contribution in [2.24, 2.45) is 17.6 Å². The summed E-state index contributed by atoms with van der Waals surface area (Å²) in [6.07, 6.45) is 1.22. The molecule has 2 unspecified atom stereocenters. The Kier molecular flexibility index (Phi) is 4.70. The van der Waals surface area contributed by atoms with E-state index in [1.54, 1.807) is 0 Å². The van der Waals surface area contributed by atoms with Crippen LogP contribution in [0.15, 0.2) is 0 Å². The monoisotopic (exact) mass is 186 g/mol. The highest BCUT2D eigenvalue weighted by molar-refractivity contribution is 4.69. The molecule has 0 saturated carbocycles. The number of rotatable bonds is 5. The SMILES string of the molecule is CC(CN)CN(C)CC1CCOC1. The van der Waals surface area contributed by atoms with Gasteiger partial charge in [-0.15, -0.1) is 0 Å². The van der Waals surface area contributed by atoms with Gasteiger partial charge in [-0.05, 0) is 31.8 Å². The van der Waals surface area contributed by atoms with Crippen LogP contribution in [0.4, 0.5) is 0 Å². The highest BCUT2D eigenvalue weighted by atomic mass is 16.5. The van der Waals surface area contributed by atoms with Crippen molar-refractivity contribution in [2.75, 3.05) is 39.9 Å². The maximum atomic E-state index is 5.58. The van der Waals surface area contributed by atoms with E-state index in [-0.39, 0.29) is 0 Å². The standard InChI is InChI=1S/C10H22N2O/c1-9(5-11)6-12(2)7-10-3-4-13-8-10/h9-10H,3-8,11H2,1-2H3. The van der Waals surface area contributed by atoms with Crippen molar-refractivity contribution in [1.29, 1.82) is 0 Å². The van der Waals surface area contributed by atoms with Gasteiger partial charge in [0.05, 0.1) is 6.61 Å². The van der Waals surface area contributed by atoms with Crippen molar-refractivity contribution in [2.45, 2.75) is 13.3 Å². The molecule has 0 aliphatic carbocycles. The first kappa shape index (κ1) is 11.0. The first-order valence-electron chi connectivity index (χ1n) is 5.18. The van der Waals surface area contributed by atoms with Gasteiger partial charge in [0.15, 0.2) is 0 Å². The Labute approximate surface area is 81.2 Å². The van der Waals surface area contributed by atoms with Crippen molar-refractivity contribution in [3.63, 3.8) is 0 Å². The normalized spacial score (nSPS) is 25.4. The van der Waals surface area contributed by atoms with Crippen LogP contribution in [0.3, 0.4) is 0 Å². The fourth-order valence-corrected chi connectivity index (χ4v) is 1.85. The lowest BCUT2D eigenvalue weighted by Crippen LogP contribution is -2.32. The Balaban J connectivity index is 2.12. The first-order chi connectivity index (χ1) is 6.22. The number of hydrogen-bond donors (Lipinski definition) is 1. The Hall–Kier alpha value is -0.120. The van der Waals surface area contributed by atoms with Crippen LogP contribution in [0.5, 0.6) is 0 Å². The molecule has 1 fully saturated rings. The molecule has 3 nitrogen and oxygen atoms in total. The summed E-state index contributed by atoms with van der Waals surface area (Å²) in [5, 5.41) is 0. The number of hydrogen-bond acceptors (Lipinski definition) is 3. The minimum absolute atomic E-state index is 0.604. The number of nitrogens with two attached hydrogens (primary N) is 1. The minimum Gasteiger partial charge on any atom is -0.381 e. The van der Waals surface area contributed by atoms with Crippen LogP contribution in [0.1, 0.15) is 13.3 Å². The fraction of sp³-hybridized carbons (Fsp3) is 1.00. The maximum Gasteiger partial charge on any atom is 0.0507 e. The zero-order valence-electron chi connectivity index (χ0n) is 8.83. The molecule has 0 aromatic heterocycles. The van der Waals surface area contributed by atoms with Crippen LogP contribution in [0.25, 0.3) is 0 Å². The number of nitrogens with zero attached hydrogens (tertiary/aromatic N) is 1. The summed E-state index contributed by atoms with van der Waals surface area (Å²) in [6.45, 7) is 7.14. The van der Waals surface area contributed by atoms with E-state index in [2.05, 4.69) is 18.9 Å². The van der Waals surface area contributed by atoms with Crippen LogP contribution >= 0.6 is 0 Å². The third-order valence-corrected chi connectivity index (χ3v) is 2.62. The van der Waals surface area contributed by atoms with E-state index < -0.39 is 0 Å². The predicted molar refractivity (Wildman–Crippen MR) is 54.6 cm³/mol. The maximum absolute atomic E-state index is 5.58. The summed E-state index contributed by atoms with van der Waals surface area (Å²) in [5.41, 5.74) is 5.58. The molecule has 78 valence electrons. The highest BCUT2D eigenvalue weighted by Crippen LogP contribution is 2.13. The molecule has 2 atom stereocenters. The summed E-state index contributed by atoms with van der Waals surface area (Å²) in [7, 11) is 2.17. The molecule has 1 rings (SSSR count). The van der Waals surface area contributed by atoms with Crippen molar-refractivity contribution in [3.8, 4) is 0 Å². The number of ether oxygens (including phenoxy) is 1. The zero-order chi connectivity index (χ0) is 9.68. The second kappa shape index (κ2) is 5.58. The van der Waals surface area contributed by atoms with Crippen LogP contribution in [0.2, 0.25) is 0 Å². The lowest BCUT2D eigenvalue weighted by molar-refractivity contribution is 0.170. The Morgan fingerprint density at radius 3 is 2.92 bits per heavy atom. The highest BCUT2D eigenvalue weighted by Gasteiger charge is 2.17. The summed E-state index contributed by atoms with van der Waals surface area (Å²) in [4.78, 5) is 2.37. The summed E-state index contributed by atoms with van der Waals surface area (Å²) in [6, 6.07) is 0. The molecule has 1 aliphatic heterocycles. The van der Waals surface area contributed by atoms with Crippen molar-refractivity contribution in [1.82, 2.24) is 4.90 Å². The Morgan fingerprint density at radius 1 is 1.62 bits per heavy atom. The molecule has 0 spiro atoms. The van der Waals surface area contributed by atoms with Gasteiger partial charge < -0.3 is 15.4 Å². The molecule has 13 heavy (non-hydrogen) atoms. The van der Waals surface area contributed by atoms with Crippen LogP contribution in [-0.2, 0) is 4.74 Å². The molecule has 1 saturated heterocycles. The van der Waals surface area contributed by atoms with Gasteiger partial charge in [0.25, 0.3) is 0 Å². The summed E-state index contributed by atoms with van der Waals surface area (Å²) >= 11 is 0. The lowest BCUT2D eigenvalue weighted by atomic mass is 10.1. The Bertz CT molecular complexity index is 135. The quantitative estimate of drug-likeness (QED) is 0.681. The largest absolute Gasteiger partial charge is 0.381 e. The van der Waals surface area contributed by atoms with E-state index in [9.17, 15) is 0 Å². The molecular weight excluding hydrogens is 164 g/mol. The van der Waals surface area contributed by atoms with E-state index in [1.807, 2.05) is 0 Å². The molecular formula is C10H22N2O. The summed E-state index contributed by atoms with van der Waals surface area (Å²) in [5.74, 6) is 1.35. The average Bonchev–Trinajstić information content (AvgIpc) is 2.56. The van der Waals surface area contributed by atoms with Crippen molar-refractivity contribution in [3.05, 3.63) is 0 Å². The molecule has 1 aliphatic rings. The topological polar surface area (TPSA) is 38.5 Å². The van der Waals surface area contributed by atoms with Gasteiger partial charge in [0.2, 0.25) is 0 Å². The second-order valence-corrected chi connectivity index (χ2v) is 4.29. The zero-order valence-corrected chi connectivity index (χ0v) is 8.83. The summed E-state index contributed by atoms with van der Waals surface area (Å²) < 4.78 is 5.34. The van der Waals surface area contributed by atoms with Gasteiger partial charge in [-0.1, -0.05) is 6.92 Å². The van der Waals surface area contributed by atoms with Crippen molar-refractivity contribution >= 4 is 0 Å². The van der Waals surface area contributed by atoms with Crippen molar-refractivity contribution < 1.29 is 4.74 Å². The molecule has 0 bridgehead atoms. The van der Waals surface area contributed by atoms with Gasteiger partial charge in [-0.2, -0.15) is 0 Å². The van der Waals surface area contributed by atoms with Gasteiger partial charge in [0, 0.05) is 19.7 Å². The van der Waals surface area contributed by atoms with E-state index in [1.165, 1.54) is 6.42 Å². The van der Waals surface area contributed by atoms with E-state index in [0.717, 1.165) is 38.8 Å². The Morgan fingerprint density at radius 2 is 2.38 bits per heavy atom. The van der Waals surface area contributed by atoms with E-state index in [4.69, 9.17) is 10.5 Å².